The molecule has 0 spiro atoms. The van der Waals surface area contributed by atoms with Crippen molar-refractivity contribution in [3.63, 3.8) is 0 Å². The van der Waals surface area contributed by atoms with Crippen LogP contribution in [0.4, 0.5) is 0 Å². The summed E-state index contributed by atoms with van der Waals surface area (Å²) in [6.45, 7) is 2.23. The number of nitrogens with two attached hydrogens (primary N) is 1. The molecule has 0 aliphatic carbocycles. The number of rotatable bonds is 4. The second-order valence-electron chi connectivity index (χ2n) is 3.91. The van der Waals surface area contributed by atoms with Gasteiger partial charge in [-0.05, 0) is 12.5 Å². The van der Waals surface area contributed by atoms with Crippen molar-refractivity contribution in [3.8, 4) is 0 Å². The zero-order chi connectivity index (χ0) is 13.3. The number of nitrogens with one attached hydrogen (secondary N) is 1. The van der Waals surface area contributed by atoms with Crippen molar-refractivity contribution < 1.29 is 0 Å². The number of hydrogen-bond acceptors (Lipinski definition) is 4. The van der Waals surface area contributed by atoms with E-state index in [1.165, 1.54) is 11.3 Å². The Morgan fingerprint density at radius 1 is 1.56 bits per heavy atom. The Bertz CT molecular complexity index is 711. The van der Waals surface area contributed by atoms with E-state index < -0.39 is 5.69 Å². The summed E-state index contributed by atoms with van der Waals surface area (Å²) in [4.78, 5) is 28.7. The quantitative estimate of drug-likeness (QED) is 0.820. The smallest absolute Gasteiger partial charge is 0.329 e. The number of hydrogen-bond donors (Lipinski definition) is 2. The molecule has 0 saturated heterocycles. The predicted octanol–water partition coefficient (Wildman–Crippen LogP) is 0.990. The van der Waals surface area contributed by atoms with Crippen LogP contribution >= 0.6 is 23.6 Å². The van der Waals surface area contributed by atoms with Gasteiger partial charge in [0, 0.05) is 17.8 Å². The van der Waals surface area contributed by atoms with Gasteiger partial charge in [-0.3, -0.25) is 14.3 Å². The molecule has 5 nitrogen and oxygen atoms in total. The number of aromatic nitrogens is 2. The number of nitrogens with zero attached hydrogens (tertiary/aromatic N) is 1. The van der Waals surface area contributed by atoms with Crippen molar-refractivity contribution in [3.05, 3.63) is 31.8 Å². The van der Waals surface area contributed by atoms with Crippen molar-refractivity contribution in [2.45, 2.75) is 26.3 Å². The molecule has 2 aromatic heterocycles. The first kappa shape index (κ1) is 13.0. The summed E-state index contributed by atoms with van der Waals surface area (Å²) in [5, 5.41) is 0.555. The zero-order valence-corrected chi connectivity index (χ0v) is 11.5. The average molecular weight is 283 g/mol. The van der Waals surface area contributed by atoms with Crippen LogP contribution in [0.25, 0.3) is 10.2 Å². The predicted molar refractivity (Wildman–Crippen MR) is 77.5 cm³/mol. The molecule has 2 aromatic rings. The first-order valence-electron chi connectivity index (χ1n) is 5.56. The van der Waals surface area contributed by atoms with E-state index in [2.05, 4.69) is 4.98 Å². The van der Waals surface area contributed by atoms with Crippen molar-refractivity contribution in [1.82, 2.24) is 9.55 Å². The Kier molecular flexibility index (Phi) is 3.63. The zero-order valence-electron chi connectivity index (χ0n) is 9.86. The van der Waals surface area contributed by atoms with Crippen LogP contribution in [0.2, 0.25) is 0 Å². The number of thiocarbonyl (C=S) groups is 1. The monoisotopic (exact) mass is 283 g/mol. The highest BCUT2D eigenvalue weighted by molar-refractivity contribution is 7.80. The molecule has 0 atom stereocenters. The van der Waals surface area contributed by atoms with Crippen molar-refractivity contribution in [1.29, 1.82) is 0 Å². The molecule has 2 heterocycles. The molecule has 0 aromatic carbocycles. The van der Waals surface area contributed by atoms with E-state index in [4.69, 9.17) is 18.0 Å². The summed E-state index contributed by atoms with van der Waals surface area (Å²) < 4.78 is 1.15. The molecule has 0 unspecified atom stereocenters. The summed E-state index contributed by atoms with van der Waals surface area (Å²) in [5.74, 6) is 0. The Hall–Kier alpha value is -1.47. The van der Waals surface area contributed by atoms with Gasteiger partial charge < -0.3 is 5.73 Å². The molecule has 0 aliphatic rings. The van der Waals surface area contributed by atoms with E-state index >= 15 is 0 Å². The maximum absolute atomic E-state index is 12.2. The van der Waals surface area contributed by atoms with Gasteiger partial charge in [-0.25, -0.2) is 4.79 Å². The van der Waals surface area contributed by atoms with Gasteiger partial charge in [-0.2, -0.15) is 0 Å². The SMILES string of the molecule is CCc1cc2c(=O)n(CCC(N)=S)c(=O)[nH]c2s1. The first-order chi connectivity index (χ1) is 8.52. The van der Waals surface area contributed by atoms with Crippen LogP contribution in [0.15, 0.2) is 15.7 Å². The van der Waals surface area contributed by atoms with Crippen molar-refractivity contribution in [2.75, 3.05) is 0 Å². The number of H-pyrrole nitrogens is 1. The molecule has 0 fully saturated rings. The summed E-state index contributed by atoms with van der Waals surface area (Å²) in [6, 6.07) is 1.83. The fraction of sp³-hybridized carbons (Fsp3) is 0.364. The van der Waals surface area contributed by atoms with Gasteiger partial charge in [0.05, 0.1) is 10.4 Å². The number of aryl methyl sites for hydroxylation is 1. The minimum absolute atomic E-state index is 0.219. The summed E-state index contributed by atoms with van der Waals surface area (Å²) >= 11 is 6.19. The molecule has 18 heavy (non-hydrogen) atoms. The Labute approximate surface area is 112 Å². The minimum atomic E-state index is -0.409. The second-order valence-corrected chi connectivity index (χ2v) is 5.57. The van der Waals surface area contributed by atoms with Gasteiger partial charge in [0.25, 0.3) is 5.56 Å². The van der Waals surface area contributed by atoms with Crippen LogP contribution in [0, 0.1) is 0 Å². The van der Waals surface area contributed by atoms with Crippen LogP contribution in [0.1, 0.15) is 18.2 Å². The maximum atomic E-state index is 12.2. The highest BCUT2D eigenvalue weighted by Crippen LogP contribution is 2.20. The Balaban J connectivity index is 2.57. The lowest BCUT2D eigenvalue weighted by molar-refractivity contribution is 0.659. The van der Waals surface area contributed by atoms with Crippen LogP contribution in [0.5, 0.6) is 0 Å². The number of aromatic amines is 1. The van der Waals surface area contributed by atoms with E-state index in [0.717, 1.165) is 15.9 Å². The fourth-order valence-electron chi connectivity index (χ4n) is 1.70. The molecular weight excluding hydrogens is 270 g/mol. The number of thiophene rings is 1. The van der Waals surface area contributed by atoms with Crippen molar-refractivity contribution in [2.24, 2.45) is 5.73 Å². The van der Waals surface area contributed by atoms with Gasteiger partial charge in [-0.1, -0.05) is 19.1 Å². The molecule has 0 amide bonds. The van der Waals surface area contributed by atoms with E-state index in [1.54, 1.807) is 0 Å². The maximum Gasteiger partial charge on any atom is 0.329 e. The Morgan fingerprint density at radius 3 is 2.89 bits per heavy atom. The molecule has 0 bridgehead atoms. The molecular formula is C11H13N3O2S2. The molecule has 0 saturated carbocycles. The molecule has 3 N–H and O–H groups in total. The Morgan fingerprint density at radius 2 is 2.28 bits per heavy atom. The van der Waals surface area contributed by atoms with Crippen LogP contribution in [-0.4, -0.2) is 14.5 Å². The third-order valence-electron chi connectivity index (χ3n) is 2.65. The molecule has 0 aliphatic heterocycles. The third-order valence-corrected chi connectivity index (χ3v) is 4.05. The van der Waals surface area contributed by atoms with Gasteiger partial charge in [0.15, 0.2) is 0 Å². The molecule has 7 heteroatoms. The highest BCUT2D eigenvalue weighted by Gasteiger charge is 2.10. The van der Waals surface area contributed by atoms with Gasteiger partial charge in [0.1, 0.15) is 4.83 Å². The normalized spacial score (nSPS) is 10.9. The van der Waals surface area contributed by atoms with Crippen LogP contribution in [0.3, 0.4) is 0 Å². The second kappa shape index (κ2) is 5.03. The lowest BCUT2D eigenvalue weighted by Crippen LogP contribution is -2.35. The van der Waals surface area contributed by atoms with E-state index in [-0.39, 0.29) is 12.1 Å². The van der Waals surface area contributed by atoms with Crippen molar-refractivity contribution >= 4 is 38.8 Å². The van der Waals surface area contributed by atoms with Gasteiger partial charge >= 0.3 is 5.69 Å². The lowest BCUT2D eigenvalue weighted by Gasteiger charge is -2.03. The van der Waals surface area contributed by atoms with Gasteiger partial charge in [-0.15, -0.1) is 11.3 Å². The van der Waals surface area contributed by atoms with Gasteiger partial charge in [0.2, 0.25) is 0 Å². The fourth-order valence-corrected chi connectivity index (χ4v) is 2.76. The standard InChI is InChI=1S/C11H13N3O2S2/c1-2-6-5-7-9(18-6)13-11(16)14(10(7)15)4-3-8(12)17/h5H,2-4H2,1H3,(H2,12,17)(H,13,16). The van der Waals surface area contributed by atoms with E-state index in [1.807, 2.05) is 13.0 Å². The topological polar surface area (TPSA) is 80.9 Å². The largest absolute Gasteiger partial charge is 0.393 e. The van der Waals surface area contributed by atoms with Crippen LogP contribution in [-0.2, 0) is 13.0 Å². The molecule has 2 rings (SSSR count). The third kappa shape index (κ3) is 2.37. The first-order valence-corrected chi connectivity index (χ1v) is 6.79. The summed E-state index contributed by atoms with van der Waals surface area (Å²) in [7, 11) is 0. The van der Waals surface area contributed by atoms with E-state index in [0.29, 0.717) is 21.6 Å². The summed E-state index contributed by atoms with van der Waals surface area (Å²) in [6.07, 6.45) is 1.18. The lowest BCUT2D eigenvalue weighted by atomic mass is 10.3. The average Bonchev–Trinajstić information content (AvgIpc) is 2.71. The van der Waals surface area contributed by atoms with Crippen LogP contribution < -0.4 is 17.0 Å². The number of fused-ring (bicyclic) bond motifs is 1. The molecule has 0 radical (unpaired) electrons. The minimum Gasteiger partial charge on any atom is -0.393 e. The molecule has 96 valence electrons. The van der Waals surface area contributed by atoms with E-state index in [9.17, 15) is 9.59 Å². The highest BCUT2D eigenvalue weighted by atomic mass is 32.1. The summed E-state index contributed by atoms with van der Waals surface area (Å²) in [5.41, 5.74) is 4.70.